The van der Waals surface area contributed by atoms with Crippen LogP contribution < -0.4 is 14.8 Å². The summed E-state index contributed by atoms with van der Waals surface area (Å²) in [7, 11) is 0. The monoisotopic (exact) mass is 431 g/mol. The molecule has 1 aromatic carbocycles. The first-order chi connectivity index (χ1) is 13.6. The lowest BCUT2D eigenvalue weighted by atomic mass is 9.76. The Morgan fingerprint density at radius 3 is 2.45 bits per heavy atom. The molecule has 5 nitrogen and oxygen atoms in total. The molecule has 162 valence electrons. The summed E-state index contributed by atoms with van der Waals surface area (Å²) in [6, 6.07) is 4.38. The highest BCUT2D eigenvalue weighted by atomic mass is 35.5. The molecular formula is C21H28ClF2NO4. The standard InChI is InChI=1S/C21H28ClF2NO4/c1-21(2,27)13-3-6-15(7-4-13)25-19(26)12-9-16(10-12)28-18-11-14(22)5-8-17(18)29-20(23)24/h5,8,11-13,15-16,20,27H,3-4,6-7,9-10H2,1-2H3,(H,25,26)/t12-,13-,15-,16-. The molecule has 2 saturated carbocycles. The molecular weight excluding hydrogens is 404 g/mol. The molecule has 2 N–H and O–H groups in total. The van der Waals surface area contributed by atoms with E-state index in [9.17, 15) is 18.7 Å². The molecule has 2 fully saturated rings. The second kappa shape index (κ2) is 9.04. The van der Waals surface area contributed by atoms with Gasteiger partial charge in [0.25, 0.3) is 0 Å². The lowest BCUT2D eigenvalue weighted by Gasteiger charge is -2.38. The molecule has 0 aromatic heterocycles. The van der Waals surface area contributed by atoms with Crippen LogP contribution in [0.25, 0.3) is 0 Å². The van der Waals surface area contributed by atoms with E-state index >= 15 is 0 Å². The molecule has 2 aliphatic carbocycles. The fourth-order valence-corrected chi connectivity index (χ4v) is 4.25. The average Bonchev–Trinajstić information content (AvgIpc) is 2.59. The van der Waals surface area contributed by atoms with E-state index in [2.05, 4.69) is 10.1 Å². The van der Waals surface area contributed by atoms with Gasteiger partial charge in [-0.1, -0.05) is 11.6 Å². The molecule has 0 aliphatic heterocycles. The van der Waals surface area contributed by atoms with E-state index in [0.29, 0.717) is 17.9 Å². The summed E-state index contributed by atoms with van der Waals surface area (Å²) in [5, 5.41) is 13.6. The smallest absolute Gasteiger partial charge is 0.387 e. The predicted octanol–water partition coefficient (Wildman–Crippen LogP) is 4.54. The third kappa shape index (κ3) is 5.95. The van der Waals surface area contributed by atoms with Crippen LogP contribution in [-0.2, 0) is 4.79 Å². The van der Waals surface area contributed by atoms with Crippen molar-refractivity contribution in [2.75, 3.05) is 0 Å². The molecule has 1 aromatic rings. The Balaban J connectivity index is 1.45. The van der Waals surface area contributed by atoms with Crippen LogP contribution in [0.15, 0.2) is 18.2 Å². The molecule has 0 saturated heterocycles. The van der Waals surface area contributed by atoms with Crippen LogP contribution in [0.2, 0.25) is 5.02 Å². The third-order valence-electron chi connectivity index (χ3n) is 5.95. The number of nitrogens with one attached hydrogen (secondary N) is 1. The minimum Gasteiger partial charge on any atom is -0.486 e. The number of rotatable bonds is 7. The molecule has 8 heteroatoms. The van der Waals surface area contributed by atoms with Crippen LogP contribution in [0.4, 0.5) is 8.78 Å². The van der Waals surface area contributed by atoms with Gasteiger partial charge in [0.1, 0.15) is 6.10 Å². The van der Waals surface area contributed by atoms with Crippen molar-refractivity contribution in [3.05, 3.63) is 23.2 Å². The van der Waals surface area contributed by atoms with Gasteiger partial charge in [0.15, 0.2) is 11.5 Å². The Bertz CT molecular complexity index is 711. The van der Waals surface area contributed by atoms with E-state index in [1.165, 1.54) is 18.2 Å². The normalized spacial score (nSPS) is 27.3. The van der Waals surface area contributed by atoms with Gasteiger partial charge < -0.3 is 19.9 Å². The molecule has 29 heavy (non-hydrogen) atoms. The van der Waals surface area contributed by atoms with Crippen molar-refractivity contribution in [1.29, 1.82) is 0 Å². The molecule has 0 atom stereocenters. The zero-order chi connectivity index (χ0) is 21.2. The van der Waals surface area contributed by atoms with Crippen molar-refractivity contribution < 1.29 is 28.2 Å². The van der Waals surface area contributed by atoms with Crippen molar-refractivity contribution in [2.24, 2.45) is 11.8 Å². The van der Waals surface area contributed by atoms with Gasteiger partial charge in [0.2, 0.25) is 5.91 Å². The summed E-state index contributed by atoms with van der Waals surface area (Å²) < 4.78 is 35.3. The van der Waals surface area contributed by atoms with Gasteiger partial charge in [-0.25, -0.2) is 0 Å². The van der Waals surface area contributed by atoms with Crippen molar-refractivity contribution in [3.63, 3.8) is 0 Å². The maximum Gasteiger partial charge on any atom is 0.387 e. The molecule has 1 amide bonds. The minimum atomic E-state index is -2.95. The van der Waals surface area contributed by atoms with Gasteiger partial charge in [-0.3, -0.25) is 4.79 Å². The van der Waals surface area contributed by atoms with Gasteiger partial charge >= 0.3 is 6.61 Å². The number of alkyl halides is 2. The lowest BCUT2D eigenvalue weighted by Crippen LogP contribution is -2.48. The molecule has 0 radical (unpaired) electrons. The molecule has 2 aliphatic rings. The van der Waals surface area contributed by atoms with Crippen molar-refractivity contribution in [1.82, 2.24) is 5.32 Å². The van der Waals surface area contributed by atoms with Gasteiger partial charge in [-0.2, -0.15) is 8.78 Å². The highest BCUT2D eigenvalue weighted by molar-refractivity contribution is 6.30. The largest absolute Gasteiger partial charge is 0.486 e. The summed E-state index contributed by atoms with van der Waals surface area (Å²) in [4.78, 5) is 12.5. The number of amides is 1. The number of benzene rings is 1. The van der Waals surface area contributed by atoms with E-state index in [0.717, 1.165) is 25.7 Å². The molecule has 0 bridgehead atoms. The number of hydrogen-bond donors (Lipinski definition) is 2. The first-order valence-corrected chi connectivity index (χ1v) is 10.4. The van der Waals surface area contributed by atoms with Crippen molar-refractivity contribution in [2.45, 2.75) is 76.7 Å². The summed E-state index contributed by atoms with van der Waals surface area (Å²) in [5.41, 5.74) is -0.680. The van der Waals surface area contributed by atoms with Crippen LogP contribution in [0, 0.1) is 11.8 Å². The van der Waals surface area contributed by atoms with Crippen LogP contribution in [0.5, 0.6) is 11.5 Å². The number of aliphatic hydroxyl groups is 1. The molecule has 0 heterocycles. The van der Waals surface area contributed by atoms with Gasteiger partial charge in [0.05, 0.1) is 5.60 Å². The lowest BCUT2D eigenvalue weighted by molar-refractivity contribution is -0.131. The maximum atomic E-state index is 12.5. The Morgan fingerprint density at radius 1 is 1.21 bits per heavy atom. The second-order valence-corrected chi connectivity index (χ2v) is 9.02. The van der Waals surface area contributed by atoms with Gasteiger partial charge in [-0.05, 0) is 70.4 Å². The first kappa shape index (κ1) is 22.1. The number of carbonyl (C=O) groups is 1. The summed E-state index contributed by atoms with van der Waals surface area (Å²) in [6.07, 6.45) is 4.32. The Morgan fingerprint density at radius 2 is 1.86 bits per heavy atom. The fourth-order valence-electron chi connectivity index (χ4n) is 4.09. The van der Waals surface area contributed by atoms with Crippen molar-refractivity contribution >= 4 is 17.5 Å². The van der Waals surface area contributed by atoms with Gasteiger partial charge in [-0.15, -0.1) is 0 Å². The van der Waals surface area contributed by atoms with Crippen LogP contribution in [-0.4, -0.2) is 35.4 Å². The third-order valence-corrected chi connectivity index (χ3v) is 6.19. The summed E-state index contributed by atoms with van der Waals surface area (Å²) in [5.74, 6) is 0.212. The fraction of sp³-hybridized carbons (Fsp3) is 0.667. The van der Waals surface area contributed by atoms with E-state index in [4.69, 9.17) is 16.3 Å². The average molecular weight is 432 g/mol. The second-order valence-electron chi connectivity index (χ2n) is 8.59. The Kier molecular flexibility index (Phi) is 6.89. The number of halogens is 3. The van der Waals surface area contributed by atoms with E-state index < -0.39 is 12.2 Å². The van der Waals surface area contributed by atoms with E-state index in [1.54, 1.807) is 0 Å². The van der Waals surface area contributed by atoms with Crippen LogP contribution in [0.3, 0.4) is 0 Å². The van der Waals surface area contributed by atoms with Crippen molar-refractivity contribution in [3.8, 4) is 11.5 Å². The summed E-state index contributed by atoms with van der Waals surface area (Å²) >= 11 is 5.92. The van der Waals surface area contributed by atoms with Gasteiger partial charge in [0, 0.05) is 23.0 Å². The molecule has 0 spiro atoms. The van der Waals surface area contributed by atoms with Crippen LogP contribution in [0.1, 0.15) is 52.4 Å². The first-order valence-electron chi connectivity index (χ1n) is 10.1. The number of ether oxygens (including phenoxy) is 2. The Hall–Kier alpha value is -1.60. The van der Waals surface area contributed by atoms with Crippen LogP contribution >= 0.6 is 11.6 Å². The van der Waals surface area contributed by atoms with E-state index in [1.807, 2.05) is 13.8 Å². The zero-order valence-corrected chi connectivity index (χ0v) is 17.4. The minimum absolute atomic E-state index is 0.00621. The van der Waals surface area contributed by atoms with E-state index in [-0.39, 0.29) is 41.4 Å². The Labute approximate surface area is 174 Å². The quantitative estimate of drug-likeness (QED) is 0.664. The topological polar surface area (TPSA) is 67.8 Å². The predicted molar refractivity (Wildman–Crippen MR) is 105 cm³/mol. The highest BCUT2D eigenvalue weighted by Crippen LogP contribution is 2.38. The molecule has 3 rings (SSSR count). The number of carbonyl (C=O) groups excluding carboxylic acids is 1. The maximum absolute atomic E-state index is 12.5. The SMILES string of the molecule is CC(C)(O)[C@H]1CC[C@H](NC(=O)[C@H]2C[C@H](Oc3cc(Cl)ccc3OC(F)F)C2)CC1. The number of hydrogen-bond acceptors (Lipinski definition) is 4. The zero-order valence-electron chi connectivity index (χ0n) is 16.7. The summed E-state index contributed by atoms with van der Waals surface area (Å²) in [6.45, 7) is 0.718. The molecule has 0 unspecified atom stereocenters. The highest BCUT2D eigenvalue weighted by Gasteiger charge is 2.38.